The summed E-state index contributed by atoms with van der Waals surface area (Å²) in [6, 6.07) is 10.2. The van der Waals surface area contributed by atoms with Gasteiger partial charge in [0.25, 0.3) is 0 Å². The van der Waals surface area contributed by atoms with Crippen molar-refractivity contribution < 1.29 is 31.4 Å². The van der Waals surface area contributed by atoms with Crippen LogP contribution >= 0.6 is 0 Å². The van der Waals surface area contributed by atoms with Gasteiger partial charge in [0.1, 0.15) is 0 Å². The summed E-state index contributed by atoms with van der Waals surface area (Å²) < 4.78 is 6.76. The normalized spacial score (nSPS) is 14.3. The summed E-state index contributed by atoms with van der Waals surface area (Å²) in [4.78, 5) is 24.0. The summed E-state index contributed by atoms with van der Waals surface area (Å²) >= 11 is 0. The Morgan fingerprint density at radius 1 is 1.19 bits per heavy atom. The predicted octanol–water partition coefficient (Wildman–Crippen LogP) is 5.63. The SMILES string of the molecule is Cc1cc2c3c(nccc3c1)-c1[c-]nc3cccnc3c1C2(C)C.[2H]/C(C(C)=O)=C(\C)O.[Ir]. The minimum atomic E-state index is -0.412. The van der Waals surface area contributed by atoms with Crippen molar-refractivity contribution in [1.82, 2.24) is 15.0 Å². The Labute approximate surface area is 202 Å². The van der Waals surface area contributed by atoms with Gasteiger partial charge in [-0.15, -0.1) is 0 Å². The van der Waals surface area contributed by atoms with Crippen LogP contribution in [0.15, 0.2) is 54.5 Å². The van der Waals surface area contributed by atoms with Crippen LogP contribution in [0, 0.1) is 13.1 Å². The summed E-state index contributed by atoms with van der Waals surface area (Å²) in [5.74, 6) is -0.637. The molecular weight excluding hydrogens is 579 g/mol. The number of carbonyl (C=O) groups excluding carboxylic acids is 1. The van der Waals surface area contributed by atoms with Crippen molar-refractivity contribution in [3.05, 3.63) is 77.4 Å². The first-order chi connectivity index (χ1) is 15.1. The number of rotatable bonds is 1. The maximum absolute atomic E-state index is 10.2. The molecule has 0 amide bonds. The second kappa shape index (κ2) is 8.89. The summed E-state index contributed by atoms with van der Waals surface area (Å²) in [7, 11) is 0. The van der Waals surface area contributed by atoms with Gasteiger partial charge in [0.2, 0.25) is 0 Å². The van der Waals surface area contributed by atoms with Crippen molar-refractivity contribution in [3.8, 4) is 11.3 Å². The van der Waals surface area contributed by atoms with Crippen LogP contribution < -0.4 is 0 Å². The molecule has 165 valence electrons. The van der Waals surface area contributed by atoms with Crippen molar-refractivity contribution >= 4 is 27.6 Å². The molecule has 0 saturated carbocycles. The Bertz CT molecular complexity index is 1430. The Morgan fingerprint density at radius 2 is 1.94 bits per heavy atom. The van der Waals surface area contributed by atoms with E-state index in [-0.39, 0.29) is 37.3 Å². The van der Waals surface area contributed by atoms with E-state index in [4.69, 9.17) is 6.48 Å². The maximum atomic E-state index is 10.2. The van der Waals surface area contributed by atoms with Crippen molar-refractivity contribution in [2.75, 3.05) is 0 Å². The third kappa shape index (κ3) is 4.08. The number of ketones is 1. The third-order valence-electron chi connectivity index (χ3n) is 5.46. The number of aliphatic hydroxyl groups is 1. The second-order valence-corrected chi connectivity index (χ2v) is 8.31. The molecule has 1 aliphatic rings. The first kappa shape index (κ1) is 22.3. The standard InChI is InChI=1S/C21H16N3.C5H8O2.Ir/c1-12-9-13-6-8-23-19-14-11-24-16-5-4-7-22-20(16)18(14)21(2,3)15(10-12)17(13)19;1-4(6)3-5(2)7;/h4-10H,1-3H3;3,6H,1-2H3;/q-1;;/b;4-3-;/i;3D;. The molecule has 3 heterocycles. The molecule has 1 aliphatic carbocycles. The van der Waals surface area contributed by atoms with Gasteiger partial charge in [-0.3, -0.25) is 9.78 Å². The minimum Gasteiger partial charge on any atom is -0.512 e. The quantitative estimate of drug-likeness (QED) is 0.174. The van der Waals surface area contributed by atoms with Gasteiger partial charge in [-0.05, 0) is 60.5 Å². The fourth-order valence-electron chi connectivity index (χ4n) is 4.29. The minimum absolute atomic E-state index is 0. The number of aromatic nitrogens is 3. The van der Waals surface area contributed by atoms with E-state index in [1.54, 1.807) is 0 Å². The number of benzene rings is 1. The predicted molar refractivity (Wildman–Crippen MR) is 123 cm³/mol. The zero-order valence-electron chi connectivity index (χ0n) is 19.6. The fraction of sp³-hybridized carbons (Fsp3) is 0.231. The Hall–Kier alpha value is -2.95. The Morgan fingerprint density at radius 3 is 2.59 bits per heavy atom. The molecule has 0 fully saturated rings. The second-order valence-electron chi connectivity index (χ2n) is 8.31. The van der Waals surface area contributed by atoms with E-state index < -0.39 is 5.78 Å². The number of hydrogen-bond donors (Lipinski definition) is 1. The molecule has 0 unspecified atom stereocenters. The zero-order chi connectivity index (χ0) is 23.2. The molecule has 0 bridgehead atoms. The van der Waals surface area contributed by atoms with Crippen LogP contribution in [0.4, 0.5) is 0 Å². The number of aryl methyl sites for hydroxylation is 1. The summed E-state index contributed by atoms with van der Waals surface area (Å²) in [5.41, 5.74) is 7.34. The largest absolute Gasteiger partial charge is 0.512 e. The number of fused-ring (bicyclic) bond motifs is 4. The number of carbonyl (C=O) groups is 1. The molecule has 6 heteroatoms. The molecule has 0 saturated heterocycles. The first-order valence-corrected chi connectivity index (χ1v) is 10.1. The maximum Gasteiger partial charge on any atom is 0.155 e. The van der Waals surface area contributed by atoms with E-state index in [0.29, 0.717) is 0 Å². The number of allylic oxidation sites excluding steroid dienone is 2. The molecule has 1 N–H and O–H groups in total. The summed E-state index contributed by atoms with van der Waals surface area (Å²) in [5, 5.41) is 10.9. The molecule has 5 rings (SSSR count). The van der Waals surface area contributed by atoms with E-state index in [0.717, 1.165) is 22.3 Å². The number of pyridine rings is 3. The van der Waals surface area contributed by atoms with Gasteiger partial charge in [0, 0.05) is 49.6 Å². The van der Waals surface area contributed by atoms with E-state index in [1.165, 1.54) is 41.3 Å². The van der Waals surface area contributed by atoms with E-state index in [2.05, 4.69) is 60.1 Å². The average Bonchev–Trinajstić information content (AvgIpc) is 2.76. The molecular formula is C26H24IrN3O2-. The monoisotopic (exact) mass is 604 g/mol. The Balaban J connectivity index is 0.000000297. The molecule has 0 spiro atoms. The smallest absolute Gasteiger partial charge is 0.155 e. The van der Waals surface area contributed by atoms with Gasteiger partial charge in [-0.25, -0.2) is 0 Å². The van der Waals surface area contributed by atoms with Crippen molar-refractivity contribution in [3.63, 3.8) is 0 Å². The van der Waals surface area contributed by atoms with Crippen molar-refractivity contribution in [2.45, 2.75) is 40.0 Å². The van der Waals surface area contributed by atoms with E-state index in [9.17, 15) is 4.79 Å². The van der Waals surface area contributed by atoms with Gasteiger partial charge >= 0.3 is 0 Å². The molecule has 32 heavy (non-hydrogen) atoms. The van der Waals surface area contributed by atoms with Crippen LogP contribution in [0.1, 0.15) is 45.8 Å². The summed E-state index contributed by atoms with van der Waals surface area (Å²) in [6.07, 6.45) is 6.96. The number of hydrogen-bond acceptors (Lipinski definition) is 5. The van der Waals surface area contributed by atoms with Gasteiger partial charge in [-0.2, -0.15) is 0 Å². The van der Waals surface area contributed by atoms with Gasteiger partial charge in [0.05, 0.1) is 7.13 Å². The molecule has 4 aromatic rings. The van der Waals surface area contributed by atoms with Crippen LogP contribution in [0.25, 0.3) is 33.1 Å². The molecule has 1 radical (unpaired) electrons. The van der Waals surface area contributed by atoms with Gasteiger partial charge < -0.3 is 15.1 Å². The van der Waals surface area contributed by atoms with Gasteiger partial charge in [-0.1, -0.05) is 54.8 Å². The third-order valence-corrected chi connectivity index (χ3v) is 5.46. The fourth-order valence-corrected chi connectivity index (χ4v) is 4.29. The van der Waals surface area contributed by atoms with Crippen LogP contribution in [-0.4, -0.2) is 25.8 Å². The van der Waals surface area contributed by atoms with E-state index >= 15 is 0 Å². The zero-order valence-corrected chi connectivity index (χ0v) is 21.0. The molecule has 3 aromatic heterocycles. The number of nitrogens with zero attached hydrogens (tertiary/aromatic N) is 3. The van der Waals surface area contributed by atoms with Crippen LogP contribution in [-0.2, 0) is 30.3 Å². The van der Waals surface area contributed by atoms with Crippen molar-refractivity contribution in [1.29, 1.82) is 0 Å². The van der Waals surface area contributed by atoms with Crippen molar-refractivity contribution in [2.24, 2.45) is 0 Å². The van der Waals surface area contributed by atoms with Crippen LogP contribution in [0.3, 0.4) is 0 Å². The average molecular weight is 604 g/mol. The molecule has 0 aliphatic heterocycles. The van der Waals surface area contributed by atoms with Crippen LogP contribution in [0.5, 0.6) is 0 Å². The molecule has 1 aromatic carbocycles. The Kier molecular flexibility index (Phi) is 6.18. The number of aliphatic hydroxyl groups excluding tert-OH is 1. The summed E-state index contributed by atoms with van der Waals surface area (Å²) in [6.45, 7) is 9.22. The molecule has 5 nitrogen and oxygen atoms in total. The topological polar surface area (TPSA) is 76.0 Å². The van der Waals surface area contributed by atoms with Crippen LogP contribution in [0.2, 0.25) is 0 Å². The van der Waals surface area contributed by atoms with E-state index in [1.807, 2.05) is 24.5 Å². The first-order valence-electron chi connectivity index (χ1n) is 10.6. The van der Waals surface area contributed by atoms with Gasteiger partial charge in [0.15, 0.2) is 5.78 Å². The molecule has 0 atom stereocenters.